The van der Waals surface area contributed by atoms with Gasteiger partial charge in [0, 0.05) is 19.5 Å². The lowest BCUT2D eigenvalue weighted by molar-refractivity contribution is -0.159. The van der Waals surface area contributed by atoms with Crippen molar-refractivity contribution in [1.29, 1.82) is 0 Å². The molecule has 1 fully saturated rings. The lowest BCUT2D eigenvalue weighted by atomic mass is 9.66. The zero-order chi connectivity index (χ0) is 16.3. The van der Waals surface area contributed by atoms with Gasteiger partial charge in [-0.15, -0.1) is 0 Å². The van der Waals surface area contributed by atoms with Crippen LogP contribution in [0, 0.1) is 12.3 Å². The first-order valence-electron chi connectivity index (χ1n) is 7.03. The lowest BCUT2D eigenvalue weighted by Gasteiger charge is -2.37. The molecule has 1 aliphatic carbocycles. The minimum atomic E-state index is -0.953. The molecule has 1 aromatic rings. The van der Waals surface area contributed by atoms with E-state index in [1.54, 1.807) is 13.0 Å². The summed E-state index contributed by atoms with van der Waals surface area (Å²) < 4.78 is 4.82. The van der Waals surface area contributed by atoms with E-state index in [9.17, 15) is 19.5 Å². The van der Waals surface area contributed by atoms with Gasteiger partial charge in [-0.2, -0.15) is 0 Å². The molecule has 0 unspecified atom stereocenters. The summed E-state index contributed by atoms with van der Waals surface area (Å²) in [6, 6.07) is 1.56. The molecular formula is C14H19N3O5. The maximum Gasteiger partial charge on any atom is 0.310 e. The number of carboxylic acids is 1. The van der Waals surface area contributed by atoms with Gasteiger partial charge in [-0.25, -0.2) is 0 Å². The van der Waals surface area contributed by atoms with Crippen LogP contribution in [-0.4, -0.2) is 46.5 Å². The van der Waals surface area contributed by atoms with Crippen molar-refractivity contribution < 1.29 is 24.0 Å². The molecule has 120 valence electrons. The van der Waals surface area contributed by atoms with Gasteiger partial charge in [0.1, 0.15) is 5.76 Å². The molecule has 1 saturated carbocycles. The summed E-state index contributed by atoms with van der Waals surface area (Å²) in [5.74, 6) is -0.865. The first kappa shape index (κ1) is 16.0. The molecule has 0 aromatic carbocycles. The van der Waals surface area contributed by atoms with E-state index in [1.807, 2.05) is 0 Å². The number of carbonyl (C=O) groups excluding carboxylic acids is 2. The number of aromatic nitrogens is 1. The number of nitrogens with zero attached hydrogens (tertiary/aromatic N) is 2. The van der Waals surface area contributed by atoms with E-state index in [0.717, 1.165) is 6.42 Å². The Balaban J connectivity index is 1.85. The number of likely N-dealkylation sites (N-methyl/N-ethyl adjacent to an activating group) is 1. The Kier molecular flexibility index (Phi) is 4.48. The monoisotopic (exact) mass is 309 g/mol. The Bertz CT molecular complexity index is 591. The first-order valence-corrected chi connectivity index (χ1v) is 7.03. The summed E-state index contributed by atoms with van der Waals surface area (Å²) in [4.78, 5) is 36.4. The summed E-state index contributed by atoms with van der Waals surface area (Å²) >= 11 is 0. The van der Waals surface area contributed by atoms with Crippen molar-refractivity contribution in [2.75, 3.05) is 18.9 Å². The molecule has 1 aromatic heterocycles. The predicted octanol–water partition coefficient (Wildman–Crippen LogP) is 1.02. The Morgan fingerprint density at radius 2 is 2.14 bits per heavy atom. The van der Waals surface area contributed by atoms with Crippen LogP contribution in [0.3, 0.4) is 0 Å². The van der Waals surface area contributed by atoms with E-state index in [0.29, 0.717) is 18.6 Å². The number of rotatable bonds is 6. The van der Waals surface area contributed by atoms with Crippen LogP contribution in [0.4, 0.5) is 5.82 Å². The van der Waals surface area contributed by atoms with Gasteiger partial charge in [0.15, 0.2) is 5.82 Å². The Morgan fingerprint density at radius 3 is 2.59 bits per heavy atom. The largest absolute Gasteiger partial charge is 0.481 e. The molecule has 8 nitrogen and oxygen atoms in total. The smallest absolute Gasteiger partial charge is 0.310 e. The van der Waals surface area contributed by atoms with Gasteiger partial charge in [0.2, 0.25) is 11.8 Å². The van der Waals surface area contributed by atoms with Gasteiger partial charge in [0.05, 0.1) is 12.0 Å². The topological polar surface area (TPSA) is 113 Å². The zero-order valence-corrected chi connectivity index (χ0v) is 12.6. The highest BCUT2D eigenvalue weighted by molar-refractivity contribution is 5.94. The fourth-order valence-electron chi connectivity index (χ4n) is 2.41. The van der Waals surface area contributed by atoms with E-state index in [2.05, 4.69) is 10.5 Å². The van der Waals surface area contributed by atoms with Crippen molar-refractivity contribution in [1.82, 2.24) is 10.1 Å². The Labute approximate surface area is 127 Å². The van der Waals surface area contributed by atoms with Crippen molar-refractivity contribution >= 4 is 23.6 Å². The molecule has 0 aliphatic heterocycles. The highest BCUT2D eigenvalue weighted by Gasteiger charge is 2.46. The Hall–Kier alpha value is -2.38. The summed E-state index contributed by atoms with van der Waals surface area (Å²) in [5, 5.41) is 15.4. The lowest BCUT2D eigenvalue weighted by Crippen LogP contribution is -2.44. The van der Waals surface area contributed by atoms with Gasteiger partial charge in [-0.3, -0.25) is 14.4 Å². The maximum absolute atomic E-state index is 12.1. The molecule has 0 radical (unpaired) electrons. The average Bonchev–Trinajstić information content (AvgIpc) is 2.78. The molecule has 0 atom stereocenters. The summed E-state index contributed by atoms with van der Waals surface area (Å²) in [6.45, 7) is 1.53. The second kappa shape index (κ2) is 6.17. The van der Waals surface area contributed by atoms with Crippen LogP contribution in [0.25, 0.3) is 0 Å². The average molecular weight is 309 g/mol. The van der Waals surface area contributed by atoms with Crippen molar-refractivity contribution in [3.05, 3.63) is 11.8 Å². The van der Waals surface area contributed by atoms with E-state index in [4.69, 9.17) is 4.52 Å². The van der Waals surface area contributed by atoms with Gasteiger partial charge < -0.3 is 19.8 Å². The highest BCUT2D eigenvalue weighted by atomic mass is 16.5. The fourth-order valence-corrected chi connectivity index (χ4v) is 2.41. The van der Waals surface area contributed by atoms with Crippen LogP contribution < -0.4 is 5.32 Å². The minimum Gasteiger partial charge on any atom is -0.481 e. The first-order chi connectivity index (χ1) is 10.3. The molecular weight excluding hydrogens is 290 g/mol. The third-order valence-corrected chi connectivity index (χ3v) is 3.96. The van der Waals surface area contributed by atoms with Gasteiger partial charge in [-0.1, -0.05) is 11.6 Å². The standard InChI is InChI=1S/C14H19N3O5/c1-9-6-10(16-22-9)15-11(18)8-17(2)12(19)7-14(13(20)21)4-3-5-14/h6H,3-5,7-8H2,1-2H3,(H,20,21)(H,15,16,18). The molecule has 2 N–H and O–H groups in total. The summed E-state index contributed by atoms with van der Waals surface area (Å²) in [6.07, 6.45) is 1.75. The van der Waals surface area contributed by atoms with Gasteiger partial charge in [-0.05, 0) is 19.8 Å². The number of amides is 2. The Morgan fingerprint density at radius 1 is 1.45 bits per heavy atom. The quantitative estimate of drug-likeness (QED) is 0.811. The molecule has 1 heterocycles. The van der Waals surface area contributed by atoms with Gasteiger partial charge in [0.25, 0.3) is 0 Å². The molecule has 1 aliphatic rings. The van der Waals surface area contributed by atoms with E-state index >= 15 is 0 Å². The number of carbonyl (C=O) groups is 3. The van der Waals surface area contributed by atoms with E-state index in [-0.39, 0.29) is 24.7 Å². The number of aryl methyl sites for hydroxylation is 1. The number of anilines is 1. The van der Waals surface area contributed by atoms with Crippen molar-refractivity contribution in [3.8, 4) is 0 Å². The van der Waals surface area contributed by atoms with Crippen LogP contribution in [-0.2, 0) is 14.4 Å². The van der Waals surface area contributed by atoms with Crippen LogP contribution >= 0.6 is 0 Å². The molecule has 2 amide bonds. The molecule has 8 heteroatoms. The maximum atomic E-state index is 12.1. The second-order valence-electron chi connectivity index (χ2n) is 5.74. The van der Waals surface area contributed by atoms with Crippen molar-refractivity contribution in [3.63, 3.8) is 0 Å². The number of carboxylic acid groups (broad SMARTS) is 1. The van der Waals surface area contributed by atoms with Crippen LogP contribution in [0.5, 0.6) is 0 Å². The predicted molar refractivity (Wildman–Crippen MR) is 76.0 cm³/mol. The highest BCUT2D eigenvalue weighted by Crippen LogP contribution is 2.44. The number of hydrogen-bond donors (Lipinski definition) is 2. The third-order valence-electron chi connectivity index (χ3n) is 3.96. The van der Waals surface area contributed by atoms with Crippen LogP contribution in [0.1, 0.15) is 31.4 Å². The summed E-state index contributed by atoms with van der Waals surface area (Å²) in [5.41, 5.74) is -0.953. The molecule has 2 rings (SSSR count). The molecule has 22 heavy (non-hydrogen) atoms. The summed E-state index contributed by atoms with van der Waals surface area (Å²) in [7, 11) is 1.48. The molecule has 0 bridgehead atoms. The SMILES string of the molecule is Cc1cc(NC(=O)CN(C)C(=O)CC2(C(=O)O)CCC2)no1. The third kappa shape index (κ3) is 3.44. The van der Waals surface area contributed by atoms with Crippen molar-refractivity contribution in [2.45, 2.75) is 32.6 Å². The normalized spacial score (nSPS) is 15.7. The fraction of sp³-hybridized carbons (Fsp3) is 0.571. The van der Waals surface area contributed by atoms with Crippen molar-refractivity contribution in [2.24, 2.45) is 5.41 Å². The second-order valence-corrected chi connectivity index (χ2v) is 5.74. The van der Waals surface area contributed by atoms with E-state index in [1.165, 1.54) is 11.9 Å². The molecule has 0 saturated heterocycles. The van der Waals surface area contributed by atoms with Gasteiger partial charge >= 0.3 is 5.97 Å². The zero-order valence-electron chi connectivity index (χ0n) is 12.6. The number of aliphatic carboxylic acids is 1. The molecule has 0 spiro atoms. The van der Waals surface area contributed by atoms with Crippen LogP contribution in [0.2, 0.25) is 0 Å². The minimum absolute atomic E-state index is 0.0742. The number of nitrogens with one attached hydrogen (secondary N) is 1. The van der Waals surface area contributed by atoms with E-state index < -0.39 is 17.3 Å². The number of hydrogen-bond acceptors (Lipinski definition) is 5. The van der Waals surface area contributed by atoms with Crippen LogP contribution in [0.15, 0.2) is 10.6 Å².